The van der Waals surface area contributed by atoms with Crippen LogP contribution in [-0.2, 0) is 0 Å². The second-order valence-electron chi connectivity index (χ2n) is 8.16. The normalized spacial score (nSPS) is 17.5. The summed E-state index contributed by atoms with van der Waals surface area (Å²) >= 11 is 6.37. The molecule has 0 spiro atoms. The molecule has 0 bridgehead atoms. The van der Waals surface area contributed by atoms with Crippen molar-refractivity contribution in [3.05, 3.63) is 58.9 Å². The molecule has 0 saturated carbocycles. The van der Waals surface area contributed by atoms with Crippen molar-refractivity contribution < 1.29 is 18.8 Å². The number of amides is 1. The van der Waals surface area contributed by atoms with Crippen LogP contribution < -0.4 is 9.47 Å². The van der Waals surface area contributed by atoms with Crippen LogP contribution in [0.2, 0.25) is 5.02 Å². The summed E-state index contributed by atoms with van der Waals surface area (Å²) in [6.07, 6.45) is 0.779. The second-order valence-corrected chi connectivity index (χ2v) is 8.57. The summed E-state index contributed by atoms with van der Waals surface area (Å²) in [6, 6.07) is 13.1. The fourth-order valence-corrected chi connectivity index (χ4v) is 4.38. The van der Waals surface area contributed by atoms with Crippen LogP contribution in [-0.4, -0.2) is 65.2 Å². The number of hydrogen-bond donors (Lipinski definition) is 0. The van der Waals surface area contributed by atoms with Gasteiger partial charge in [-0.1, -0.05) is 47.1 Å². The van der Waals surface area contributed by atoms with Gasteiger partial charge in [-0.2, -0.15) is 4.98 Å². The Morgan fingerprint density at radius 3 is 2.61 bits per heavy atom. The number of benzene rings is 2. The largest absolute Gasteiger partial charge is 0.489 e. The highest BCUT2D eigenvalue weighted by Gasteiger charge is 2.29. The first-order valence-electron chi connectivity index (χ1n) is 11.1. The Labute approximate surface area is 197 Å². The van der Waals surface area contributed by atoms with E-state index in [2.05, 4.69) is 15.0 Å². The number of rotatable bonds is 4. The summed E-state index contributed by atoms with van der Waals surface area (Å²) in [4.78, 5) is 21.8. The zero-order chi connectivity index (χ0) is 22.8. The Hall–Kier alpha value is -3.10. The van der Waals surface area contributed by atoms with Crippen molar-refractivity contribution in [1.82, 2.24) is 19.9 Å². The molecule has 1 atom stereocenters. The van der Waals surface area contributed by atoms with E-state index in [1.807, 2.05) is 42.2 Å². The first-order valence-corrected chi connectivity index (χ1v) is 11.5. The molecule has 1 fully saturated rings. The molecule has 1 aromatic heterocycles. The topological polar surface area (TPSA) is 80.9 Å². The van der Waals surface area contributed by atoms with Crippen LogP contribution in [0, 0.1) is 0 Å². The molecule has 33 heavy (non-hydrogen) atoms. The smallest absolute Gasteiger partial charge is 0.254 e. The van der Waals surface area contributed by atoms with E-state index < -0.39 is 0 Å². The van der Waals surface area contributed by atoms with Gasteiger partial charge in [-0.25, -0.2) is 0 Å². The van der Waals surface area contributed by atoms with Crippen molar-refractivity contribution in [2.45, 2.75) is 19.4 Å². The van der Waals surface area contributed by atoms with Crippen molar-refractivity contribution in [2.75, 3.05) is 39.4 Å². The van der Waals surface area contributed by atoms with Gasteiger partial charge in [-0.05, 0) is 19.1 Å². The first kappa shape index (κ1) is 21.7. The third-order valence-corrected chi connectivity index (χ3v) is 6.31. The predicted molar refractivity (Wildman–Crippen MR) is 123 cm³/mol. The highest BCUT2D eigenvalue weighted by molar-refractivity contribution is 6.32. The number of carbonyl (C=O) groups is 1. The molecule has 5 rings (SSSR count). The fourth-order valence-electron chi connectivity index (χ4n) is 4.11. The quantitative estimate of drug-likeness (QED) is 0.570. The van der Waals surface area contributed by atoms with Gasteiger partial charge in [-0.15, -0.1) is 0 Å². The minimum absolute atomic E-state index is 0.0419. The lowest BCUT2D eigenvalue weighted by atomic mass is 10.1. The van der Waals surface area contributed by atoms with Gasteiger partial charge in [0, 0.05) is 43.7 Å². The molecule has 3 heterocycles. The van der Waals surface area contributed by atoms with E-state index in [0.717, 1.165) is 12.0 Å². The molecule has 2 aliphatic heterocycles. The Kier molecular flexibility index (Phi) is 6.20. The summed E-state index contributed by atoms with van der Waals surface area (Å²) < 4.78 is 16.9. The van der Waals surface area contributed by atoms with E-state index in [-0.39, 0.29) is 11.9 Å². The van der Waals surface area contributed by atoms with E-state index in [1.165, 1.54) is 0 Å². The molecule has 1 unspecified atom stereocenters. The second kappa shape index (κ2) is 9.41. The van der Waals surface area contributed by atoms with Gasteiger partial charge >= 0.3 is 0 Å². The third kappa shape index (κ3) is 4.54. The Morgan fingerprint density at radius 1 is 1.06 bits per heavy atom. The van der Waals surface area contributed by atoms with E-state index >= 15 is 0 Å². The molecule has 9 heteroatoms. The van der Waals surface area contributed by atoms with Gasteiger partial charge in [-0.3, -0.25) is 9.69 Å². The number of nitrogens with zero attached hydrogens (tertiary/aromatic N) is 4. The average Bonchev–Trinajstić information content (AvgIpc) is 3.23. The maximum atomic E-state index is 13.1. The fraction of sp³-hybridized carbons (Fsp3) is 0.375. The maximum absolute atomic E-state index is 13.1. The lowest BCUT2D eigenvalue weighted by Crippen LogP contribution is -2.49. The monoisotopic (exact) mass is 468 g/mol. The zero-order valence-corrected chi connectivity index (χ0v) is 19.1. The lowest BCUT2D eigenvalue weighted by molar-refractivity contribution is 0.0551. The van der Waals surface area contributed by atoms with Crippen molar-refractivity contribution in [1.29, 1.82) is 0 Å². The summed E-state index contributed by atoms with van der Waals surface area (Å²) in [5, 5.41) is 4.52. The van der Waals surface area contributed by atoms with Gasteiger partial charge in [0.15, 0.2) is 11.5 Å². The maximum Gasteiger partial charge on any atom is 0.254 e. The van der Waals surface area contributed by atoms with Crippen LogP contribution in [0.15, 0.2) is 47.0 Å². The first-order chi connectivity index (χ1) is 16.1. The van der Waals surface area contributed by atoms with E-state index in [9.17, 15) is 4.79 Å². The summed E-state index contributed by atoms with van der Waals surface area (Å²) in [7, 11) is 0. The summed E-state index contributed by atoms with van der Waals surface area (Å²) in [5.74, 6) is 2.13. The van der Waals surface area contributed by atoms with Crippen LogP contribution in [0.25, 0.3) is 11.4 Å². The SMILES string of the molecule is CC(c1nc(-c2ccccc2)no1)N1CCN(C(=O)c2cc(Cl)c3c(c2)OCCCO3)CC1. The minimum Gasteiger partial charge on any atom is -0.489 e. The van der Waals surface area contributed by atoms with Crippen molar-refractivity contribution in [3.63, 3.8) is 0 Å². The highest BCUT2D eigenvalue weighted by atomic mass is 35.5. The average molecular weight is 469 g/mol. The van der Waals surface area contributed by atoms with Gasteiger partial charge < -0.3 is 18.9 Å². The standard InChI is InChI=1S/C24H25ClN4O4/c1-16(23-26-22(27-33-23)17-6-3-2-4-7-17)28-8-10-29(11-9-28)24(30)18-14-19(25)21-20(15-18)31-12-5-13-32-21/h2-4,6-7,14-16H,5,8-13H2,1H3. The summed E-state index contributed by atoms with van der Waals surface area (Å²) in [6.45, 7) is 5.72. The van der Waals surface area contributed by atoms with Crippen LogP contribution >= 0.6 is 11.6 Å². The molecular weight excluding hydrogens is 444 g/mol. The van der Waals surface area contributed by atoms with Crippen molar-refractivity contribution in [3.8, 4) is 22.9 Å². The number of carbonyl (C=O) groups excluding carboxylic acids is 1. The molecule has 172 valence electrons. The molecule has 2 aliphatic rings. The van der Waals surface area contributed by atoms with Crippen LogP contribution in [0.5, 0.6) is 11.5 Å². The van der Waals surface area contributed by atoms with Crippen molar-refractivity contribution >= 4 is 17.5 Å². The predicted octanol–water partition coefficient (Wildman–Crippen LogP) is 4.07. The van der Waals surface area contributed by atoms with Gasteiger partial charge in [0.1, 0.15) is 0 Å². The van der Waals surface area contributed by atoms with E-state index in [1.54, 1.807) is 12.1 Å². The number of ether oxygens (including phenoxy) is 2. The molecule has 3 aromatic rings. The van der Waals surface area contributed by atoms with Crippen LogP contribution in [0.1, 0.15) is 35.6 Å². The summed E-state index contributed by atoms with van der Waals surface area (Å²) in [5.41, 5.74) is 1.43. The van der Waals surface area contributed by atoms with E-state index in [0.29, 0.717) is 73.2 Å². The molecule has 0 aliphatic carbocycles. The Bertz CT molecular complexity index is 1130. The van der Waals surface area contributed by atoms with Crippen LogP contribution in [0.3, 0.4) is 0 Å². The molecular formula is C24H25ClN4O4. The van der Waals surface area contributed by atoms with Crippen LogP contribution in [0.4, 0.5) is 0 Å². The third-order valence-electron chi connectivity index (χ3n) is 6.03. The van der Waals surface area contributed by atoms with Gasteiger partial charge in [0.2, 0.25) is 11.7 Å². The van der Waals surface area contributed by atoms with E-state index in [4.69, 9.17) is 25.6 Å². The Morgan fingerprint density at radius 2 is 1.82 bits per heavy atom. The number of aromatic nitrogens is 2. The zero-order valence-electron chi connectivity index (χ0n) is 18.4. The number of halogens is 1. The lowest BCUT2D eigenvalue weighted by Gasteiger charge is -2.36. The van der Waals surface area contributed by atoms with Crippen molar-refractivity contribution in [2.24, 2.45) is 0 Å². The molecule has 1 amide bonds. The Balaban J connectivity index is 1.23. The minimum atomic E-state index is -0.0657. The van der Waals surface area contributed by atoms with Gasteiger partial charge in [0.05, 0.1) is 24.3 Å². The molecule has 0 N–H and O–H groups in total. The highest BCUT2D eigenvalue weighted by Crippen LogP contribution is 2.38. The molecule has 0 radical (unpaired) electrons. The number of piperazine rings is 1. The molecule has 1 saturated heterocycles. The molecule has 2 aromatic carbocycles. The molecule has 8 nitrogen and oxygen atoms in total. The number of hydrogen-bond acceptors (Lipinski definition) is 7. The number of fused-ring (bicyclic) bond motifs is 1. The van der Waals surface area contributed by atoms with Gasteiger partial charge in [0.25, 0.3) is 5.91 Å².